The maximum Gasteiger partial charge on any atom is 0.306 e. The van der Waals surface area contributed by atoms with Crippen LogP contribution in [0.25, 0.3) is 0 Å². The molecule has 6 heteroatoms. The van der Waals surface area contributed by atoms with Crippen LogP contribution in [-0.4, -0.2) is 37.2 Å². The Kier molecular flexibility index (Phi) is 60.2. The van der Waals surface area contributed by atoms with Gasteiger partial charge in [0, 0.05) is 19.3 Å². The number of esters is 3. The highest BCUT2D eigenvalue weighted by Gasteiger charge is 2.19. The molecule has 0 amide bonds. The van der Waals surface area contributed by atoms with Crippen LogP contribution in [0.4, 0.5) is 0 Å². The van der Waals surface area contributed by atoms with Gasteiger partial charge in [0.2, 0.25) is 0 Å². The predicted octanol–water partition coefficient (Wildman–Crippen LogP) is 21.9. The quantitative estimate of drug-likeness (QED) is 0.0261. The molecule has 1 atom stereocenters. The van der Waals surface area contributed by atoms with Crippen molar-refractivity contribution in [1.82, 2.24) is 0 Å². The molecule has 0 aromatic heterocycles. The van der Waals surface area contributed by atoms with Crippen LogP contribution >= 0.6 is 0 Å². The third kappa shape index (κ3) is 60.0. The van der Waals surface area contributed by atoms with Crippen molar-refractivity contribution in [2.24, 2.45) is 0 Å². The Balaban J connectivity index is 4.30. The summed E-state index contributed by atoms with van der Waals surface area (Å²) in [6.07, 6.45) is 79.3. The molecule has 0 aromatic carbocycles. The first kappa shape index (κ1) is 71.1. The maximum absolute atomic E-state index is 12.9. The Morgan fingerprint density at radius 1 is 0.270 bits per heavy atom. The Hall–Kier alpha value is -2.89. The van der Waals surface area contributed by atoms with E-state index in [-0.39, 0.29) is 31.1 Å². The summed E-state index contributed by atoms with van der Waals surface area (Å²) in [6, 6.07) is 0. The second-order valence-corrected chi connectivity index (χ2v) is 21.7. The van der Waals surface area contributed by atoms with E-state index in [0.717, 1.165) is 83.5 Å². The monoisotopic (exact) mass is 1030 g/mol. The van der Waals surface area contributed by atoms with Gasteiger partial charge in [-0.2, -0.15) is 0 Å². The molecule has 6 nitrogen and oxygen atoms in total. The molecule has 0 bridgehead atoms. The molecule has 0 saturated carbocycles. The highest BCUT2D eigenvalue weighted by molar-refractivity contribution is 5.71. The zero-order chi connectivity index (χ0) is 53.6. The SMILES string of the molecule is CCCCCC/C=C\C/C=C\CCCCCCCCCC(=O)OC(COC(=O)CCCCCCCCCCCC/C=C\C/C=C\C/C=C\CCCCCCC)COC(=O)CCCCCCCCCCCCCCC. The largest absolute Gasteiger partial charge is 0.462 e. The molecule has 1 unspecified atom stereocenters. The van der Waals surface area contributed by atoms with E-state index in [4.69, 9.17) is 14.2 Å². The van der Waals surface area contributed by atoms with Gasteiger partial charge in [-0.3, -0.25) is 14.4 Å². The second-order valence-electron chi connectivity index (χ2n) is 21.7. The molecule has 430 valence electrons. The van der Waals surface area contributed by atoms with E-state index in [1.54, 1.807) is 0 Å². The number of hydrogen-bond acceptors (Lipinski definition) is 6. The molecule has 0 aliphatic heterocycles. The molecule has 0 aliphatic carbocycles. The van der Waals surface area contributed by atoms with Gasteiger partial charge >= 0.3 is 17.9 Å². The van der Waals surface area contributed by atoms with Crippen LogP contribution in [0.2, 0.25) is 0 Å². The summed E-state index contributed by atoms with van der Waals surface area (Å²) in [7, 11) is 0. The van der Waals surface area contributed by atoms with Crippen molar-refractivity contribution in [3.8, 4) is 0 Å². The van der Waals surface area contributed by atoms with Crippen LogP contribution in [0.3, 0.4) is 0 Å². The van der Waals surface area contributed by atoms with Crippen LogP contribution in [0.15, 0.2) is 60.8 Å². The molecule has 0 aliphatic rings. The molecule has 0 heterocycles. The summed E-state index contributed by atoms with van der Waals surface area (Å²) in [6.45, 7) is 6.64. The number of rotatable bonds is 59. The number of hydrogen-bond donors (Lipinski definition) is 0. The van der Waals surface area contributed by atoms with Gasteiger partial charge in [-0.05, 0) is 89.9 Å². The zero-order valence-corrected chi connectivity index (χ0v) is 49.4. The van der Waals surface area contributed by atoms with Crippen LogP contribution in [0, 0.1) is 0 Å². The van der Waals surface area contributed by atoms with Crippen LogP contribution in [-0.2, 0) is 28.6 Å². The molecular weight excluding hydrogens is 913 g/mol. The van der Waals surface area contributed by atoms with Gasteiger partial charge in [0.05, 0.1) is 0 Å². The van der Waals surface area contributed by atoms with Gasteiger partial charge < -0.3 is 14.2 Å². The van der Waals surface area contributed by atoms with E-state index >= 15 is 0 Å². The summed E-state index contributed by atoms with van der Waals surface area (Å²) in [5.41, 5.74) is 0. The van der Waals surface area contributed by atoms with E-state index in [0.29, 0.717) is 19.3 Å². The van der Waals surface area contributed by atoms with E-state index in [2.05, 4.69) is 81.5 Å². The number of carbonyl (C=O) groups is 3. The fraction of sp³-hybridized carbons (Fsp3) is 0.809. The summed E-state index contributed by atoms with van der Waals surface area (Å²) >= 11 is 0. The maximum atomic E-state index is 12.9. The fourth-order valence-electron chi connectivity index (χ4n) is 9.36. The molecule has 74 heavy (non-hydrogen) atoms. The van der Waals surface area contributed by atoms with E-state index in [9.17, 15) is 14.4 Å². The lowest BCUT2D eigenvalue weighted by Gasteiger charge is -2.18. The lowest BCUT2D eigenvalue weighted by Crippen LogP contribution is -2.30. The average Bonchev–Trinajstić information content (AvgIpc) is 3.40. The molecule has 0 aromatic rings. The summed E-state index contributed by atoms with van der Waals surface area (Å²) in [4.78, 5) is 38.3. The van der Waals surface area contributed by atoms with E-state index in [1.807, 2.05) is 0 Å². The molecular formula is C68H122O6. The van der Waals surface area contributed by atoms with Crippen molar-refractivity contribution in [1.29, 1.82) is 0 Å². The van der Waals surface area contributed by atoms with Crippen LogP contribution < -0.4 is 0 Å². The molecule has 0 saturated heterocycles. The van der Waals surface area contributed by atoms with Crippen LogP contribution in [0.5, 0.6) is 0 Å². The Morgan fingerprint density at radius 3 is 0.770 bits per heavy atom. The van der Waals surface area contributed by atoms with Gasteiger partial charge in [-0.25, -0.2) is 0 Å². The Labute approximate surface area is 460 Å². The normalized spacial score (nSPS) is 12.4. The fourth-order valence-corrected chi connectivity index (χ4v) is 9.36. The van der Waals surface area contributed by atoms with Crippen molar-refractivity contribution >= 4 is 17.9 Å². The van der Waals surface area contributed by atoms with Crippen molar-refractivity contribution in [2.75, 3.05) is 13.2 Å². The smallest absolute Gasteiger partial charge is 0.306 e. The minimum Gasteiger partial charge on any atom is -0.462 e. The number of allylic oxidation sites excluding steroid dienone is 10. The number of ether oxygens (including phenoxy) is 3. The average molecular weight is 1040 g/mol. The first-order valence-corrected chi connectivity index (χ1v) is 32.3. The van der Waals surface area contributed by atoms with E-state index in [1.165, 1.54) is 212 Å². The first-order chi connectivity index (χ1) is 36.5. The highest BCUT2D eigenvalue weighted by atomic mass is 16.6. The second kappa shape index (κ2) is 62.6. The van der Waals surface area contributed by atoms with Crippen molar-refractivity contribution in [2.45, 2.75) is 341 Å². The van der Waals surface area contributed by atoms with Crippen LogP contribution in [0.1, 0.15) is 335 Å². The van der Waals surface area contributed by atoms with Crippen molar-refractivity contribution in [3.05, 3.63) is 60.8 Å². The van der Waals surface area contributed by atoms with Gasteiger partial charge in [-0.1, -0.05) is 287 Å². The number of carbonyl (C=O) groups excluding carboxylic acids is 3. The third-order valence-corrected chi connectivity index (χ3v) is 14.2. The highest BCUT2D eigenvalue weighted by Crippen LogP contribution is 2.17. The standard InChI is InChI=1S/C68H122O6/c1-4-7-10-13-16-19-22-25-27-29-31-32-33-34-35-36-37-39-40-43-46-49-52-55-58-61-67(70)73-64-65(63-72-66(69)60-57-54-51-48-45-42-24-21-18-15-12-9-6-3)74-68(71)62-59-56-53-50-47-44-41-38-30-28-26-23-20-17-14-11-8-5-2/h20,22-23,25,28-31,33-34,65H,4-19,21,24,26-27,32,35-64H2,1-3H3/b23-20-,25-22-,30-28-,31-29-,34-33-. The lowest BCUT2D eigenvalue weighted by atomic mass is 10.0. The summed E-state index contributed by atoms with van der Waals surface area (Å²) < 4.78 is 16.9. The van der Waals surface area contributed by atoms with Gasteiger partial charge in [-0.15, -0.1) is 0 Å². The summed E-state index contributed by atoms with van der Waals surface area (Å²) in [5.74, 6) is -0.870. The predicted molar refractivity (Wildman–Crippen MR) is 321 cm³/mol. The van der Waals surface area contributed by atoms with Gasteiger partial charge in [0.15, 0.2) is 6.10 Å². The zero-order valence-electron chi connectivity index (χ0n) is 49.4. The first-order valence-electron chi connectivity index (χ1n) is 32.3. The lowest BCUT2D eigenvalue weighted by molar-refractivity contribution is -0.167. The Morgan fingerprint density at radius 2 is 0.486 bits per heavy atom. The third-order valence-electron chi connectivity index (χ3n) is 14.2. The number of unbranched alkanes of at least 4 members (excludes halogenated alkanes) is 38. The van der Waals surface area contributed by atoms with Gasteiger partial charge in [0.25, 0.3) is 0 Å². The minimum atomic E-state index is -0.779. The summed E-state index contributed by atoms with van der Waals surface area (Å²) in [5, 5.41) is 0. The minimum absolute atomic E-state index is 0.0754. The molecule has 0 radical (unpaired) electrons. The molecule has 0 rings (SSSR count). The van der Waals surface area contributed by atoms with Crippen molar-refractivity contribution in [3.63, 3.8) is 0 Å². The van der Waals surface area contributed by atoms with Crippen molar-refractivity contribution < 1.29 is 28.6 Å². The van der Waals surface area contributed by atoms with Gasteiger partial charge in [0.1, 0.15) is 13.2 Å². The molecule has 0 spiro atoms. The topological polar surface area (TPSA) is 78.9 Å². The van der Waals surface area contributed by atoms with E-state index < -0.39 is 6.10 Å². The molecule has 0 N–H and O–H groups in total. The molecule has 0 fully saturated rings. The Bertz CT molecular complexity index is 1330.